The van der Waals surface area contributed by atoms with Crippen LogP contribution in [0.15, 0.2) is 0 Å². The van der Waals surface area contributed by atoms with Gasteiger partial charge in [-0.1, -0.05) is 0 Å². The molecule has 84 valence electrons. The van der Waals surface area contributed by atoms with Crippen LogP contribution in [0.25, 0.3) is 0 Å². The van der Waals surface area contributed by atoms with Crippen LogP contribution >= 0.6 is 0 Å². The van der Waals surface area contributed by atoms with Crippen LogP contribution in [-0.4, -0.2) is 33.3 Å². The van der Waals surface area contributed by atoms with Gasteiger partial charge in [0.2, 0.25) is 0 Å². The lowest BCUT2D eigenvalue weighted by molar-refractivity contribution is -0.127. The smallest absolute Gasteiger partial charge is 0.156 e. The normalized spacial score (nSPS) is 25.4. The van der Waals surface area contributed by atoms with Gasteiger partial charge < -0.3 is 21.1 Å². The van der Waals surface area contributed by atoms with Crippen molar-refractivity contribution in [1.29, 1.82) is 0 Å². The Morgan fingerprint density at radius 2 is 1.57 bits per heavy atom. The van der Waals surface area contributed by atoms with Crippen LogP contribution in [0.2, 0.25) is 0 Å². The molecule has 4 nitrogen and oxygen atoms in total. The fraction of sp³-hybridized carbons (Fsp3) is 0.800. The van der Waals surface area contributed by atoms with Gasteiger partial charge in [-0.25, -0.2) is 0 Å². The van der Waals surface area contributed by atoms with Crippen molar-refractivity contribution in [2.75, 3.05) is 0 Å². The fourth-order valence-corrected chi connectivity index (χ4v) is 0.992. The van der Waals surface area contributed by atoms with Crippen molar-refractivity contribution in [2.45, 2.75) is 51.0 Å². The van der Waals surface area contributed by atoms with E-state index in [4.69, 9.17) is 21.1 Å². The second kappa shape index (κ2) is 7.77. The average Bonchev–Trinajstić information content (AvgIpc) is 2.35. The molecule has 14 heavy (non-hydrogen) atoms. The molecule has 0 spiro atoms. The molecule has 0 aromatic heterocycles. The highest BCUT2D eigenvalue weighted by atomic mass is 16.5. The second-order valence-corrected chi connectivity index (χ2v) is 3.72. The zero-order chi connectivity index (χ0) is 11.8. The maximum atomic E-state index is 8.82. The van der Waals surface area contributed by atoms with Crippen molar-refractivity contribution in [3.8, 4) is 12.8 Å². The summed E-state index contributed by atoms with van der Waals surface area (Å²) in [5.41, 5.74) is 5.47. The van der Waals surface area contributed by atoms with Gasteiger partial charge in [0.05, 0.1) is 6.10 Å². The van der Waals surface area contributed by atoms with Crippen LogP contribution in [0.3, 0.4) is 0 Å². The van der Waals surface area contributed by atoms with E-state index in [1.807, 2.05) is 0 Å². The SMILES string of the molecule is C#C.CC(C)(O)O.NC1CCC(O)C1. The Bertz CT molecular complexity index is 137. The van der Waals surface area contributed by atoms with Crippen molar-refractivity contribution in [3.05, 3.63) is 0 Å². The second-order valence-electron chi connectivity index (χ2n) is 3.72. The number of terminal acetylenes is 1. The number of rotatable bonds is 0. The summed E-state index contributed by atoms with van der Waals surface area (Å²) >= 11 is 0. The Hall–Kier alpha value is -0.600. The Kier molecular flexibility index (Phi) is 8.80. The molecule has 0 bridgehead atoms. The first-order valence-corrected chi connectivity index (χ1v) is 4.51. The van der Waals surface area contributed by atoms with Crippen LogP contribution in [0.5, 0.6) is 0 Å². The van der Waals surface area contributed by atoms with E-state index in [0.717, 1.165) is 19.3 Å². The molecule has 1 aliphatic carbocycles. The molecule has 0 aliphatic heterocycles. The van der Waals surface area contributed by atoms with E-state index in [2.05, 4.69) is 12.8 Å². The molecule has 0 aromatic rings. The largest absolute Gasteiger partial charge is 0.393 e. The third-order valence-electron chi connectivity index (χ3n) is 1.45. The molecule has 1 saturated carbocycles. The highest BCUT2D eigenvalue weighted by molar-refractivity contribution is 4.76. The Morgan fingerprint density at radius 1 is 1.21 bits per heavy atom. The first-order chi connectivity index (χ1) is 6.29. The van der Waals surface area contributed by atoms with E-state index in [1.165, 1.54) is 13.8 Å². The Labute approximate surface area is 85.8 Å². The first-order valence-electron chi connectivity index (χ1n) is 4.51. The minimum atomic E-state index is -1.50. The van der Waals surface area contributed by atoms with Gasteiger partial charge in [0, 0.05) is 6.04 Å². The summed E-state index contributed by atoms with van der Waals surface area (Å²) in [6.45, 7) is 2.60. The lowest BCUT2D eigenvalue weighted by atomic mass is 10.3. The van der Waals surface area contributed by atoms with E-state index in [9.17, 15) is 0 Å². The van der Waals surface area contributed by atoms with Crippen molar-refractivity contribution < 1.29 is 15.3 Å². The van der Waals surface area contributed by atoms with Gasteiger partial charge in [-0.05, 0) is 33.1 Å². The molecule has 2 atom stereocenters. The summed E-state index contributed by atoms with van der Waals surface area (Å²) < 4.78 is 0. The van der Waals surface area contributed by atoms with Crippen LogP contribution in [0.1, 0.15) is 33.1 Å². The van der Waals surface area contributed by atoms with Gasteiger partial charge in [0.15, 0.2) is 5.79 Å². The molecule has 1 aliphatic rings. The van der Waals surface area contributed by atoms with Crippen molar-refractivity contribution in [3.63, 3.8) is 0 Å². The van der Waals surface area contributed by atoms with Gasteiger partial charge in [-0.3, -0.25) is 0 Å². The topological polar surface area (TPSA) is 86.7 Å². The van der Waals surface area contributed by atoms with E-state index in [1.54, 1.807) is 0 Å². The lowest BCUT2D eigenvalue weighted by Gasteiger charge is -2.03. The number of hydrogen-bond acceptors (Lipinski definition) is 4. The van der Waals surface area contributed by atoms with E-state index >= 15 is 0 Å². The minimum Gasteiger partial charge on any atom is -0.393 e. The van der Waals surface area contributed by atoms with Crippen LogP contribution in [-0.2, 0) is 0 Å². The molecule has 5 N–H and O–H groups in total. The van der Waals surface area contributed by atoms with Crippen molar-refractivity contribution in [2.24, 2.45) is 5.73 Å². The zero-order valence-electron chi connectivity index (χ0n) is 8.85. The van der Waals surface area contributed by atoms with E-state index < -0.39 is 5.79 Å². The zero-order valence-corrected chi connectivity index (χ0v) is 8.85. The molecule has 0 radical (unpaired) electrons. The van der Waals surface area contributed by atoms with Gasteiger partial charge in [-0.2, -0.15) is 0 Å². The number of nitrogens with two attached hydrogens (primary N) is 1. The van der Waals surface area contributed by atoms with Crippen LogP contribution in [0.4, 0.5) is 0 Å². The summed E-state index contributed by atoms with van der Waals surface area (Å²) in [6, 6.07) is 0.273. The van der Waals surface area contributed by atoms with Crippen LogP contribution in [0, 0.1) is 12.8 Å². The number of aliphatic hydroxyl groups excluding tert-OH is 1. The molecule has 1 rings (SSSR count). The van der Waals surface area contributed by atoms with Crippen LogP contribution < -0.4 is 5.73 Å². The van der Waals surface area contributed by atoms with Gasteiger partial charge in [-0.15, -0.1) is 12.8 Å². The molecule has 2 unspecified atom stereocenters. The molecular formula is C10H21NO3. The first kappa shape index (κ1) is 15.9. The molecule has 0 aromatic carbocycles. The summed E-state index contributed by atoms with van der Waals surface area (Å²) in [6.07, 6.45) is 10.6. The molecular weight excluding hydrogens is 182 g/mol. The molecule has 4 heteroatoms. The maximum absolute atomic E-state index is 8.82. The predicted octanol–water partition coefficient (Wildman–Crippen LogP) is -0.185. The molecule has 0 saturated heterocycles. The van der Waals surface area contributed by atoms with Gasteiger partial charge >= 0.3 is 0 Å². The summed E-state index contributed by atoms with van der Waals surface area (Å²) in [5, 5.41) is 25.0. The third-order valence-corrected chi connectivity index (χ3v) is 1.45. The Morgan fingerprint density at radius 3 is 1.64 bits per heavy atom. The van der Waals surface area contributed by atoms with Gasteiger partial charge in [0.1, 0.15) is 0 Å². The highest BCUT2D eigenvalue weighted by Gasteiger charge is 2.18. The summed E-state index contributed by atoms with van der Waals surface area (Å²) in [5.74, 6) is -1.50. The summed E-state index contributed by atoms with van der Waals surface area (Å²) in [7, 11) is 0. The molecule has 1 fully saturated rings. The standard InChI is InChI=1S/C5H11NO.C3H8O2.C2H2/c6-4-1-2-5(7)3-4;1-3(2,4)5;1-2/h4-5,7H,1-3,6H2;4-5H,1-2H3;1-2H. The maximum Gasteiger partial charge on any atom is 0.156 e. The number of hydrogen-bond donors (Lipinski definition) is 4. The lowest BCUT2D eigenvalue weighted by Crippen LogP contribution is -2.15. The average molecular weight is 203 g/mol. The minimum absolute atomic E-state index is 0.102. The number of aliphatic hydroxyl groups is 3. The van der Waals surface area contributed by atoms with E-state index in [-0.39, 0.29) is 12.1 Å². The Balaban J connectivity index is 0. The van der Waals surface area contributed by atoms with Crippen molar-refractivity contribution >= 4 is 0 Å². The monoisotopic (exact) mass is 203 g/mol. The van der Waals surface area contributed by atoms with Gasteiger partial charge in [0.25, 0.3) is 0 Å². The molecule has 0 amide bonds. The van der Waals surface area contributed by atoms with Crippen molar-refractivity contribution in [1.82, 2.24) is 0 Å². The van der Waals surface area contributed by atoms with E-state index in [0.29, 0.717) is 0 Å². The predicted molar refractivity (Wildman–Crippen MR) is 56.2 cm³/mol. The molecule has 0 heterocycles. The summed E-state index contributed by atoms with van der Waals surface area (Å²) in [4.78, 5) is 0. The fourth-order valence-electron chi connectivity index (χ4n) is 0.992. The third kappa shape index (κ3) is 17.5. The quantitative estimate of drug-likeness (QED) is 0.325. The highest BCUT2D eigenvalue weighted by Crippen LogP contribution is 2.15.